The highest BCUT2D eigenvalue weighted by molar-refractivity contribution is 7.18. The van der Waals surface area contributed by atoms with Gasteiger partial charge >= 0.3 is 0 Å². The van der Waals surface area contributed by atoms with Crippen LogP contribution in [0.1, 0.15) is 20.2 Å². The molecular weight excluding hydrogens is 401 g/mol. The molecular formula is C18H14FN5O2S2. The van der Waals surface area contributed by atoms with Crippen LogP contribution in [0.2, 0.25) is 0 Å². The lowest BCUT2D eigenvalue weighted by Gasteiger charge is -2.04. The standard InChI is InChI=1S/C18H14FN5O2S2/c19-11-3-1-10(2-4-11)9-21-14(25)8-12-7-13-15(23-24-17(13)28-12)22-16(26)18-20-5-6-27-18/h1-7H,8-9H2,(H,21,25)(H2,22,23,24,26). The molecule has 0 atom stereocenters. The zero-order chi connectivity index (χ0) is 19.5. The number of amides is 2. The van der Waals surface area contributed by atoms with Gasteiger partial charge in [-0.2, -0.15) is 5.10 Å². The SMILES string of the molecule is O=C(Cc1cc2c(NC(=O)c3nccs3)[nH]nc2s1)NCc1ccc(F)cc1. The molecule has 0 aliphatic carbocycles. The Morgan fingerprint density at radius 1 is 1.21 bits per heavy atom. The third-order valence-corrected chi connectivity index (χ3v) is 5.71. The maximum Gasteiger partial charge on any atom is 0.285 e. The number of anilines is 1. The lowest BCUT2D eigenvalue weighted by atomic mass is 10.2. The van der Waals surface area contributed by atoms with Crippen LogP contribution >= 0.6 is 22.7 Å². The number of carbonyl (C=O) groups excluding carboxylic acids is 2. The van der Waals surface area contributed by atoms with Gasteiger partial charge in [0, 0.05) is 23.0 Å². The maximum absolute atomic E-state index is 12.9. The number of hydrogen-bond acceptors (Lipinski definition) is 6. The van der Waals surface area contributed by atoms with Crippen molar-refractivity contribution in [3.05, 3.63) is 63.2 Å². The summed E-state index contributed by atoms with van der Waals surface area (Å²) in [5.74, 6) is -0.296. The average molecular weight is 415 g/mol. The number of fused-ring (bicyclic) bond motifs is 1. The molecule has 3 heterocycles. The first-order valence-corrected chi connectivity index (χ1v) is 9.97. The molecule has 0 aliphatic rings. The number of halogens is 1. The van der Waals surface area contributed by atoms with Crippen LogP contribution in [0.15, 0.2) is 41.9 Å². The highest BCUT2D eigenvalue weighted by atomic mass is 32.1. The number of nitrogens with one attached hydrogen (secondary N) is 3. The summed E-state index contributed by atoms with van der Waals surface area (Å²) < 4.78 is 12.9. The number of aromatic nitrogens is 3. The van der Waals surface area contributed by atoms with Crippen molar-refractivity contribution in [1.29, 1.82) is 0 Å². The summed E-state index contributed by atoms with van der Waals surface area (Å²) >= 11 is 2.63. The Morgan fingerprint density at radius 2 is 2.04 bits per heavy atom. The molecule has 0 bridgehead atoms. The van der Waals surface area contributed by atoms with E-state index in [1.165, 1.54) is 34.8 Å². The van der Waals surface area contributed by atoms with Crippen molar-refractivity contribution in [2.24, 2.45) is 0 Å². The molecule has 3 aromatic heterocycles. The minimum atomic E-state index is -0.314. The predicted molar refractivity (Wildman–Crippen MR) is 106 cm³/mol. The fraction of sp³-hybridized carbons (Fsp3) is 0.111. The van der Waals surface area contributed by atoms with Crippen LogP contribution in [0.4, 0.5) is 10.2 Å². The maximum atomic E-state index is 12.9. The molecule has 7 nitrogen and oxygen atoms in total. The largest absolute Gasteiger partial charge is 0.352 e. The topological polar surface area (TPSA) is 99.8 Å². The fourth-order valence-electron chi connectivity index (χ4n) is 2.57. The average Bonchev–Trinajstić information content (AvgIpc) is 3.40. The number of thiophene rings is 1. The summed E-state index contributed by atoms with van der Waals surface area (Å²) in [5.41, 5.74) is 0.822. The minimum Gasteiger partial charge on any atom is -0.352 e. The second-order valence-corrected chi connectivity index (χ2v) is 7.91. The fourth-order valence-corrected chi connectivity index (χ4v) is 4.09. The molecule has 10 heteroatoms. The van der Waals surface area contributed by atoms with Gasteiger partial charge < -0.3 is 10.6 Å². The van der Waals surface area contributed by atoms with E-state index >= 15 is 0 Å². The van der Waals surface area contributed by atoms with Gasteiger partial charge in [0.2, 0.25) is 5.91 Å². The van der Waals surface area contributed by atoms with Crippen molar-refractivity contribution < 1.29 is 14.0 Å². The highest BCUT2D eigenvalue weighted by Crippen LogP contribution is 2.29. The number of aromatic amines is 1. The van der Waals surface area contributed by atoms with Gasteiger partial charge in [0.05, 0.1) is 11.8 Å². The number of H-pyrrole nitrogens is 1. The Hall–Kier alpha value is -3.11. The summed E-state index contributed by atoms with van der Waals surface area (Å²) in [6.45, 7) is 0.331. The van der Waals surface area contributed by atoms with Crippen LogP contribution < -0.4 is 10.6 Å². The third-order valence-electron chi connectivity index (χ3n) is 3.90. The van der Waals surface area contributed by atoms with Crippen molar-refractivity contribution in [2.45, 2.75) is 13.0 Å². The zero-order valence-corrected chi connectivity index (χ0v) is 16.0. The molecule has 0 fully saturated rings. The Kier molecular flexibility index (Phi) is 5.13. The van der Waals surface area contributed by atoms with E-state index in [9.17, 15) is 14.0 Å². The van der Waals surface area contributed by atoms with Gasteiger partial charge in [0.25, 0.3) is 5.91 Å². The van der Waals surface area contributed by atoms with E-state index in [0.29, 0.717) is 22.2 Å². The van der Waals surface area contributed by atoms with Gasteiger partial charge in [-0.3, -0.25) is 14.7 Å². The third kappa shape index (κ3) is 4.07. The highest BCUT2D eigenvalue weighted by Gasteiger charge is 2.16. The molecule has 0 saturated carbocycles. The molecule has 0 saturated heterocycles. The Morgan fingerprint density at radius 3 is 2.79 bits per heavy atom. The molecule has 1 aromatic carbocycles. The van der Waals surface area contributed by atoms with Crippen molar-refractivity contribution in [1.82, 2.24) is 20.5 Å². The quantitative estimate of drug-likeness (QED) is 0.450. The van der Waals surface area contributed by atoms with E-state index in [4.69, 9.17) is 0 Å². The van der Waals surface area contributed by atoms with Crippen molar-refractivity contribution in [2.75, 3.05) is 5.32 Å². The molecule has 28 heavy (non-hydrogen) atoms. The first-order chi connectivity index (χ1) is 13.6. The lowest BCUT2D eigenvalue weighted by molar-refractivity contribution is -0.120. The van der Waals surface area contributed by atoms with Crippen molar-refractivity contribution in [3.63, 3.8) is 0 Å². The first kappa shape index (κ1) is 18.3. The summed E-state index contributed by atoms with van der Waals surface area (Å²) in [6, 6.07) is 7.81. The van der Waals surface area contributed by atoms with Gasteiger partial charge in [-0.05, 0) is 23.8 Å². The molecule has 0 radical (unpaired) electrons. The first-order valence-electron chi connectivity index (χ1n) is 8.27. The Balaban J connectivity index is 1.39. The van der Waals surface area contributed by atoms with Crippen LogP contribution in [-0.4, -0.2) is 27.0 Å². The normalized spacial score (nSPS) is 10.9. The van der Waals surface area contributed by atoms with Crippen LogP contribution in [0.5, 0.6) is 0 Å². The summed E-state index contributed by atoms with van der Waals surface area (Å²) in [6.07, 6.45) is 1.76. The van der Waals surface area contributed by atoms with Crippen LogP contribution in [0.3, 0.4) is 0 Å². The smallest absolute Gasteiger partial charge is 0.285 e. The molecule has 0 spiro atoms. The van der Waals surface area contributed by atoms with E-state index in [2.05, 4.69) is 25.8 Å². The number of carbonyl (C=O) groups is 2. The summed E-state index contributed by atoms with van der Waals surface area (Å²) in [4.78, 5) is 29.8. The number of nitrogens with zero attached hydrogens (tertiary/aromatic N) is 2. The van der Waals surface area contributed by atoms with Crippen LogP contribution in [0, 0.1) is 5.82 Å². The summed E-state index contributed by atoms with van der Waals surface area (Å²) in [5, 5.41) is 15.4. The number of hydrogen-bond donors (Lipinski definition) is 3. The molecule has 0 unspecified atom stereocenters. The Bertz CT molecular complexity index is 1120. The Labute approximate surface area is 166 Å². The number of thiazole rings is 1. The predicted octanol–water partition coefficient (Wildman–Crippen LogP) is 3.33. The van der Waals surface area contributed by atoms with E-state index in [-0.39, 0.29) is 24.1 Å². The number of rotatable bonds is 6. The van der Waals surface area contributed by atoms with Gasteiger partial charge in [0.1, 0.15) is 16.5 Å². The van der Waals surface area contributed by atoms with Crippen molar-refractivity contribution >= 4 is 50.5 Å². The molecule has 2 amide bonds. The van der Waals surface area contributed by atoms with E-state index < -0.39 is 0 Å². The van der Waals surface area contributed by atoms with Gasteiger partial charge in [-0.25, -0.2) is 9.37 Å². The molecule has 0 aliphatic heterocycles. The van der Waals surface area contributed by atoms with Crippen molar-refractivity contribution in [3.8, 4) is 0 Å². The van der Waals surface area contributed by atoms with E-state index in [1.54, 1.807) is 23.7 Å². The van der Waals surface area contributed by atoms with E-state index in [0.717, 1.165) is 15.8 Å². The second-order valence-electron chi connectivity index (χ2n) is 5.90. The van der Waals surface area contributed by atoms with Crippen LogP contribution in [-0.2, 0) is 17.8 Å². The van der Waals surface area contributed by atoms with E-state index in [1.807, 2.05) is 6.07 Å². The zero-order valence-electron chi connectivity index (χ0n) is 14.4. The summed E-state index contributed by atoms with van der Waals surface area (Å²) in [7, 11) is 0. The minimum absolute atomic E-state index is 0.148. The molecule has 3 N–H and O–H groups in total. The number of benzene rings is 1. The molecule has 142 valence electrons. The van der Waals surface area contributed by atoms with Crippen LogP contribution in [0.25, 0.3) is 10.2 Å². The lowest BCUT2D eigenvalue weighted by Crippen LogP contribution is -2.24. The second kappa shape index (κ2) is 7.87. The van der Waals surface area contributed by atoms with Gasteiger partial charge in [0.15, 0.2) is 5.01 Å². The van der Waals surface area contributed by atoms with Gasteiger partial charge in [-0.1, -0.05) is 12.1 Å². The van der Waals surface area contributed by atoms with Gasteiger partial charge in [-0.15, -0.1) is 22.7 Å². The molecule has 4 rings (SSSR count). The monoisotopic (exact) mass is 415 g/mol. The molecule has 4 aromatic rings.